The average molecular weight is 477 g/mol. The van der Waals surface area contributed by atoms with Crippen LogP contribution in [0.25, 0.3) is 11.3 Å². The van der Waals surface area contributed by atoms with Crippen molar-refractivity contribution in [3.8, 4) is 17.0 Å². The molecule has 1 aliphatic rings. The first-order valence-electron chi connectivity index (χ1n) is 11.4. The summed E-state index contributed by atoms with van der Waals surface area (Å²) in [5.41, 5.74) is 6.12. The number of hydrogen-bond donors (Lipinski definition) is 3. The lowest BCUT2D eigenvalue weighted by atomic mass is 10.1. The second kappa shape index (κ2) is 12.6. The highest BCUT2D eigenvalue weighted by Crippen LogP contribution is 2.26. The molecular formula is C26H28N4O5. The Labute approximate surface area is 203 Å². The van der Waals surface area contributed by atoms with Crippen molar-refractivity contribution >= 4 is 17.5 Å². The number of aromatic nitrogens is 2. The van der Waals surface area contributed by atoms with E-state index in [9.17, 15) is 4.79 Å². The van der Waals surface area contributed by atoms with Crippen LogP contribution >= 0.6 is 0 Å². The summed E-state index contributed by atoms with van der Waals surface area (Å²) in [6.07, 6.45) is 6.23. The summed E-state index contributed by atoms with van der Waals surface area (Å²) in [5.74, 6) is 0.693. The van der Waals surface area contributed by atoms with Crippen molar-refractivity contribution in [1.29, 1.82) is 0 Å². The monoisotopic (exact) mass is 476 g/mol. The van der Waals surface area contributed by atoms with Crippen molar-refractivity contribution in [2.75, 3.05) is 25.1 Å². The molecule has 2 aromatic carbocycles. The van der Waals surface area contributed by atoms with Gasteiger partial charge in [-0.1, -0.05) is 30.4 Å². The van der Waals surface area contributed by atoms with Crippen LogP contribution < -0.4 is 15.5 Å². The molecule has 0 aliphatic carbocycles. The van der Waals surface area contributed by atoms with Gasteiger partial charge in [-0.05, 0) is 42.3 Å². The van der Waals surface area contributed by atoms with E-state index in [-0.39, 0.29) is 6.42 Å². The molecule has 0 saturated heterocycles. The number of ether oxygens (including phenoxy) is 3. The number of anilines is 2. The molecule has 0 radical (unpaired) electrons. The second-order valence-corrected chi connectivity index (χ2v) is 7.90. The first-order chi connectivity index (χ1) is 17.2. The lowest BCUT2D eigenvalue weighted by molar-refractivity contribution is -0.129. The van der Waals surface area contributed by atoms with Gasteiger partial charge in [0.15, 0.2) is 0 Å². The van der Waals surface area contributed by atoms with Crippen molar-refractivity contribution in [3.05, 3.63) is 78.0 Å². The Bertz CT molecular complexity index is 1170. The van der Waals surface area contributed by atoms with Crippen LogP contribution in [-0.2, 0) is 27.5 Å². The summed E-state index contributed by atoms with van der Waals surface area (Å²) in [5, 5.41) is 11.9. The zero-order chi connectivity index (χ0) is 24.3. The van der Waals surface area contributed by atoms with Gasteiger partial charge in [0.2, 0.25) is 11.9 Å². The maximum absolute atomic E-state index is 11.2. The summed E-state index contributed by atoms with van der Waals surface area (Å²) < 4.78 is 17.5. The van der Waals surface area contributed by atoms with E-state index in [4.69, 9.17) is 19.4 Å². The van der Waals surface area contributed by atoms with Crippen molar-refractivity contribution in [2.45, 2.75) is 26.1 Å². The molecule has 35 heavy (non-hydrogen) atoms. The van der Waals surface area contributed by atoms with Gasteiger partial charge in [0.1, 0.15) is 5.75 Å². The van der Waals surface area contributed by atoms with Gasteiger partial charge in [-0.2, -0.15) is 0 Å². The summed E-state index contributed by atoms with van der Waals surface area (Å²) in [6.45, 7) is 2.08. The molecular weight excluding hydrogens is 448 g/mol. The number of carbonyl (C=O) groups excluding carboxylic acids is 1. The maximum Gasteiger partial charge on any atom is 0.243 e. The lowest BCUT2D eigenvalue weighted by Crippen LogP contribution is -2.18. The van der Waals surface area contributed by atoms with Crippen LogP contribution in [0, 0.1) is 0 Å². The van der Waals surface area contributed by atoms with Crippen LogP contribution in [0.3, 0.4) is 0 Å². The smallest absolute Gasteiger partial charge is 0.243 e. The predicted molar refractivity (Wildman–Crippen MR) is 130 cm³/mol. The molecule has 3 N–H and O–H groups in total. The highest BCUT2D eigenvalue weighted by molar-refractivity contribution is 5.74. The number of nitrogens with one attached hydrogen (secondary N) is 2. The number of benzene rings is 2. The molecule has 1 amide bonds. The molecule has 4 rings (SSSR count). The van der Waals surface area contributed by atoms with Gasteiger partial charge >= 0.3 is 0 Å². The molecule has 0 unspecified atom stereocenters. The Morgan fingerprint density at radius 3 is 2.80 bits per heavy atom. The summed E-state index contributed by atoms with van der Waals surface area (Å²) in [7, 11) is 0. The number of carbonyl (C=O) groups is 1. The largest absolute Gasteiger partial charge is 0.493 e. The van der Waals surface area contributed by atoms with E-state index in [1.807, 2.05) is 54.6 Å². The van der Waals surface area contributed by atoms with Gasteiger partial charge in [0.05, 0.1) is 38.7 Å². The van der Waals surface area contributed by atoms with Crippen molar-refractivity contribution in [1.82, 2.24) is 15.4 Å². The number of amides is 1. The van der Waals surface area contributed by atoms with E-state index >= 15 is 0 Å². The molecule has 9 nitrogen and oxygen atoms in total. The number of hydrogen-bond acceptors (Lipinski definition) is 8. The quantitative estimate of drug-likeness (QED) is 0.218. The second-order valence-electron chi connectivity index (χ2n) is 7.90. The minimum Gasteiger partial charge on any atom is -0.493 e. The van der Waals surface area contributed by atoms with E-state index in [0.717, 1.165) is 28.1 Å². The van der Waals surface area contributed by atoms with Crippen LogP contribution in [-0.4, -0.2) is 40.9 Å². The fourth-order valence-electron chi connectivity index (χ4n) is 3.53. The third-order valence-electron chi connectivity index (χ3n) is 5.25. The Hall–Kier alpha value is -3.79. The zero-order valence-corrected chi connectivity index (χ0v) is 19.3. The summed E-state index contributed by atoms with van der Waals surface area (Å²) in [4.78, 5) is 20.2. The minimum atomic E-state index is -0.443. The van der Waals surface area contributed by atoms with Crippen molar-refractivity contribution in [3.63, 3.8) is 0 Å². The summed E-state index contributed by atoms with van der Waals surface area (Å²) in [6, 6.07) is 15.6. The van der Waals surface area contributed by atoms with Gasteiger partial charge in [-0.3, -0.25) is 10.0 Å². The fraction of sp³-hybridized carbons (Fsp3) is 0.269. The van der Waals surface area contributed by atoms with Crippen LogP contribution in [0.2, 0.25) is 0 Å². The molecule has 1 aromatic heterocycles. The minimum absolute atomic E-state index is 0.172. The van der Waals surface area contributed by atoms with E-state index < -0.39 is 5.91 Å². The van der Waals surface area contributed by atoms with Crippen molar-refractivity contribution < 1.29 is 24.2 Å². The normalized spacial score (nSPS) is 14.7. The standard InChI is InChI=1S/C26H28N4O5/c31-25(30-32)7-4-14-35-24-9-8-22-16-21(24)18-34-13-2-1-12-33-17-19-5-3-6-20(15-19)23-10-11-27-26(28-22)29-23/h1-3,5-6,8-11,15-16,32H,4,7,12-14,17-18H2,(H,30,31)(H,27,28,29)/b2-1+. The van der Waals surface area contributed by atoms with Gasteiger partial charge in [0, 0.05) is 29.4 Å². The van der Waals surface area contributed by atoms with Crippen LogP contribution in [0.5, 0.6) is 5.75 Å². The molecule has 9 heteroatoms. The topological polar surface area (TPSA) is 115 Å². The Morgan fingerprint density at radius 2 is 1.94 bits per heavy atom. The van der Waals surface area contributed by atoms with Crippen LogP contribution in [0.1, 0.15) is 24.0 Å². The van der Waals surface area contributed by atoms with E-state index in [1.54, 1.807) is 11.7 Å². The molecule has 0 atom stereocenters. The van der Waals surface area contributed by atoms with E-state index in [2.05, 4.69) is 21.4 Å². The number of hydroxylamine groups is 1. The zero-order valence-electron chi connectivity index (χ0n) is 19.3. The van der Waals surface area contributed by atoms with E-state index in [0.29, 0.717) is 51.2 Å². The fourth-order valence-corrected chi connectivity index (χ4v) is 3.53. The Morgan fingerprint density at radius 1 is 1.09 bits per heavy atom. The predicted octanol–water partition coefficient (Wildman–Crippen LogP) is 4.15. The van der Waals surface area contributed by atoms with Gasteiger partial charge in [-0.15, -0.1) is 0 Å². The van der Waals surface area contributed by atoms with Crippen molar-refractivity contribution in [2.24, 2.45) is 0 Å². The highest BCUT2D eigenvalue weighted by atomic mass is 16.5. The number of nitrogens with zero attached hydrogens (tertiary/aromatic N) is 2. The molecule has 0 fully saturated rings. The molecule has 0 saturated carbocycles. The van der Waals surface area contributed by atoms with Gasteiger partial charge < -0.3 is 19.5 Å². The highest BCUT2D eigenvalue weighted by Gasteiger charge is 2.10. The average Bonchev–Trinajstić information content (AvgIpc) is 2.88. The Kier molecular flexibility index (Phi) is 8.77. The Balaban J connectivity index is 1.56. The summed E-state index contributed by atoms with van der Waals surface area (Å²) >= 11 is 0. The first kappa shape index (κ1) is 24.3. The lowest BCUT2D eigenvalue weighted by Gasteiger charge is -2.14. The molecule has 3 aromatic rings. The van der Waals surface area contributed by atoms with Gasteiger partial charge in [-0.25, -0.2) is 15.4 Å². The molecule has 6 bridgehead atoms. The molecule has 0 spiro atoms. The third-order valence-corrected chi connectivity index (χ3v) is 5.25. The first-order valence-corrected chi connectivity index (χ1v) is 11.4. The number of rotatable bonds is 5. The van der Waals surface area contributed by atoms with Crippen LogP contribution in [0.15, 0.2) is 66.9 Å². The third kappa shape index (κ3) is 7.35. The van der Waals surface area contributed by atoms with Crippen LogP contribution in [0.4, 0.5) is 11.6 Å². The SMILES string of the molecule is O=C(CCCOc1ccc2cc1COC/C=C/COCc1cccc(c1)-c1ccnc(n1)N2)NO. The molecule has 2 heterocycles. The number of fused-ring (bicyclic) bond motifs is 7. The van der Waals surface area contributed by atoms with Gasteiger partial charge in [0.25, 0.3) is 0 Å². The molecule has 1 aliphatic heterocycles. The molecule has 182 valence electrons. The maximum atomic E-state index is 11.2. The van der Waals surface area contributed by atoms with E-state index in [1.165, 1.54) is 0 Å².